The zero-order valence-corrected chi connectivity index (χ0v) is 7.88. The van der Waals surface area contributed by atoms with Crippen molar-refractivity contribution < 1.29 is 9.53 Å². The van der Waals surface area contributed by atoms with Gasteiger partial charge in [0.1, 0.15) is 6.10 Å². The third kappa shape index (κ3) is 2.81. The molecule has 0 aromatic heterocycles. The predicted molar refractivity (Wildman–Crippen MR) is 46.9 cm³/mol. The third-order valence-electron chi connectivity index (χ3n) is 2.10. The van der Waals surface area contributed by atoms with Crippen LogP contribution in [0.2, 0.25) is 0 Å². The minimum absolute atomic E-state index is 0.0437. The predicted octanol–water partition coefficient (Wildman–Crippen LogP) is 1.03. The molecule has 3 heteroatoms. The van der Waals surface area contributed by atoms with Gasteiger partial charge in [-0.3, -0.25) is 4.79 Å². The van der Waals surface area contributed by atoms with Crippen LogP contribution in [0.5, 0.6) is 0 Å². The number of nitrogens with zero attached hydrogens (tertiary/aromatic N) is 1. The first-order chi connectivity index (χ1) is 5.72. The molecule has 0 aliphatic carbocycles. The molecule has 1 rings (SSSR count). The summed E-state index contributed by atoms with van der Waals surface area (Å²) < 4.78 is 5.24. The molecule has 1 fully saturated rings. The Morgan fingerprint density at radius 3 is 2.92 bits per heavy atom. The normalized spacial score (nSPS) is 24.3. The van der Waals surface area contributed by atoms with E-state index in [2.05, 4.69) is 4.90 Å². The lowest BCUT2D eigenvalue weighted by molar-refractivity contribution is -0.148. The van der Waals surface area contributed by atoms with E-state index in [0.717, 1.165) is 25.9 Å². The van der Waals surface area contributed by atoms with Crippen molar-refractivity contribution in [3.05, 3.63) is 0 Å². The molecule has 70 valence electrons. The minimum Gasteiger partial charge on any atom is -0.461 e. The van der Waals surface area contributed by atoms with Gasteiger partial charge < -0.3 is 9.64 Å². The molecule has 1 saturated heterocycles. The highest BCUT2D eigenvalue weighted by atomic mass is 16.5. The molecule has 0 spiro atoms. The van der Waals surface area contributed by atoms with Gasteiger partial charge in [-0.1, -0.05) is 6.92 Å². The van der Waals surface area contributed by atoms with Crippen LogP contribution in [0.15, 0.2) is 0 Å². The van der Waals surface area contributed by atoms with Gasteiger partial charge in [-0.2, -0.15) is 0 Å². The van der Waals surface area contributed by atoms with Crippen LogP contribution in [0.25, 0.3) is 0 Å². The van der Waals surface area contributed by atoms with Gasteiger partial charge in [0.05, 0.1) is 0 Å². The Hall–Kier alpha value is -0.570. The molecule has 3 nitrogen and oxygen atoms in total. The van der Waals surface area contributed by atoms with E-state index in [1.54, 1.807) is 0 Å². The molecule has 12 heavy (non-hydrogen) atoms. The molecule has 1 aliphatic rings. The van der Waals surface area contributed by atoms with Crippen molar-refractivity contribution in [3.8, 4) is 0 Å². The number of ether oxygens (including phenoxy) is 1. The maximum atomic E-state index is 11.1. The SMILES string of the molecule is CCCC(=O)OC1CCN(C)C1. The average molecular weight is 171 g/mol. The van der Waals surface area contributed by atoms with Crippen LogP contribution in [0.3, 0.4) is 0 Å². The molecule has 0 radical (unpaired) electrons. The van der Waals surface area contributed by atoms with Crippen LogP contribution in [0.4, 0.5) is 0 Å². The number of esters is 1. The molecular formula is C9H17NO2. The number of likely N-dealkylation sites (N-methyl/N-ethyl adjacent to an activating group) is 1. The van der Waals surface area contributed by atoms with Crippen molar-refractivity contribution in [2.75, 3.05) is 20.1 Å². The van der Waals surface area contributed by atoms with E-state index in [1.165, 1.54) is 0 Å². The Morgan fingerprint density at radius 2 is 2.42 bits per heavy atom. The van der Waals surface area contributed by atoms with Gasteiger partial charge in [0.15, 0.2) is 0 Å². The van der Waals surface area contributed by atoms with Crippen molar-refractivity contribution in [3.63, 3.8) is 0 Å². The molecule has 1 atom stereocenters. The van der Waals surface area contributed by atoms with E-state index in [-0.39, 0.29) is 12.1 Å². The summed E-state index contributed by atoms with van der Waals surface area (Å²) >= 11 is 0. The molecular weight excluding hydrogens is 154 g/mol. The highest BCUT2D eigenvalue weighted by molar-refractivity contribution is 5.69. The number of rotatable bonds is 3. The van der Waals surface area contributed by atoms with Crippen molar-refractivity contribution in [2.45, 2.75) is 32.3 Å². The summed E-state index contributed by atoms with van der Waals surface area (Å²) in [6.07, 6.45) is 2.57. The van der Waals surface area contributed by atoms with Crippen LogP contribution in [0.1, 0.15) is 26.2 Å². The summed E-state index contributed by atoms with van der Waals surface area (Å²) in [4.78, 5) is 13.2. The molecule has 0 amide bonds. The molecule has 1 unspecified atom stereocenters. The fourth-order valence-corrected chi connectivity index (χ4v) is 1.44. The first-order valence-electron chi connectivity index (χ1n) is 4.60. The Kier molecular flexibility index (Phi) is 3.53. The maximum absolute atomic E-state index is 11.1. The number of likely N-dealkylation sites (tertiary alicyclic amines) is 1. The van der Waals surface area contributed by atoms with Crippen LogP contribution >= 0.6 is 0 Å². The largest absolute Gasteiger partial charge is 0.461 e. The number of carbonyl (C=O) groups is 1. The van der Waals surface area contributed by atoms with Crippen LogP contribution < -0.4 is 0 Å². The number of carbonyl (C=O) groups excluding carboxylic acids is 1. The van der Waals surface area contributed by atoms with Crippen LogP contribution in [-0.2, 0) is 9.53 Å². The lowest BCUT2D eigenvalue weighted by Crippen LogP contribution is -2.21. The molecule has 0 bridgehead atoms. The van der Waals surface area contributed by atoms with Gasteiger partial charge >= 0.3 is 5.97 Å². The highest BCUT2D eigenvalue weighted by Crippen LogP contribution is 2.11. The first kappa shape index (κ1) is 9.52. The number of hydrogen-bond acceptors (Lipinski definition) is 3. The quantitative estimate of drug-likeness (QED) is 0.594. The lowest BCUT2D eigenvalue weighted by atomic mass is 10.3. The summed E-state index contributed by atoms with van der Waals surface area (Å²) in [5.41, 5.74) is 0. The van der Waals surface area contributed by atoms with Gasteiger partial charge in [-0.25, -0.2) is 0 Å². The fourth-order valence-electron chi connectivity index (χ4n) is 1.44. The van der Waals surface area contributed by atoms with E-state index in [9.17, 15) is 4.79 Å². The van der Waals surface area contributed by atoms with Gasteiger partial charge in [0.25, 0.3) is 0 Å². The standard InChI is InChI=1S/C9H17NO2/c1-3-4-9(11)12-8-5-6-10(2)7-8/h8H,3-7H2,1-2H3. The average Bonchev–Trinajstić information content (AvgIpc) is 2.36. The van der Waals surface area contributed by atoms with E-state index in [4.69, 9.17) is 4.74 Å². The minimum atomic E-state index is -0.0437. The van der Waals surface area contributed by atoms with E-state index in [1.807, 2.05) is 14.0 Å². The van der Waals surface area contributed by atoms with Gasteiger partial charge in [-0.15, -0.1) is 0 Å². The molecule has 1 heterocycles. The van der Waals surface area contributed by atoms with Crippen molar-refractivity contribution in [1.29, 1.82) is 0 Å². The molecule has 1 aliphatic heterocycles. The lowest BCUT2D eigenvalue weighted by Gasteiger charge is -2.11. The Labute approximate surface area is 73.7 Å². The second-order valence-electron chi connectivity index (χ2n) is 3.41. The second-order valence-corrected chi connectivity index (χ2v) is 3.41. The van der Waals surface area contributed by atoms with Crippen molar-refractivity contribution in [1.82, 2.24) is 4.90 Å². The summed E-state index contributed by atoms with van der Waals surface area (Å²) in [7, 11) is 2.05. The van der Waals surface area contributed by atoms with Crippen LogP contribution in [0, 0.1) is 0 Å². The summed E-state index contributed by atoms with van der Waals surface area (Å²) in [6.45, 7) is 3.93. The summed E-state index contributed by atoms with van der Waals surface area (Å²) in [5.74, 6) is -0.0437. The zero-order valence-electron chi connectivity index (χ0n) is 7.88. The fraction of sp³-hybridized carbons (Fsp3) is 0.889. The Balaban J connectivity index is 2.18. The zero-order chi connectivity index (χ0) is 8.97. The molecule has 0 aromatic rings. The van der Waals surface area contributed by atoms with E-state index in [0.29, 0.717) is 6.42 Å². The van der Waals surface area contributed by atoms with Crippen LogP contribution in [-0.4, -0.2) is 37.1 Å². The second kappa shape index (κ2) is 4.45. The van der Waals surface area contributed by atoms with Crippen molar-refractivity contribution in [2.24, 2.45) is 0 Å². The first-order valence-corrected chi connectivity index (χ1v) is 4.60. The number of hydrogen-bond donors (Lipinski definition) is 0. The monoisotopic (exact) mass is 171 g/mol. The highest BCUT2D eigenvalue weighted by Gasteiger charge is 2.22. The van der Waals surface area contributed by atoms with Crippen molar-refractivity contribution >= 4 is 5.97 Å². The third-order valence-corrected chi connectivity index (χ3v) is 2.10. The maximum Gasteiger partial charge on any atom is 0.306 e. The Bertz CT molecular complexity index is 159. The molecule has 0 aromatic carbocycles. The van der Waals surface area contributed by atoms with E-state index < -0.39 is 0 Å². The topological polar surface area (TPSA) is 29.5 Å². The summed E-state index contributed by atoms with van der Waals surface area (Å²) in [5, 5.41) is 0. The van der Waals surface area contributed by atoms with Gasteiger partial charge in [-0.05, 0) is 19.9 Å². The molecule has 0 N–H and O–H groups in total. The molecule has 0 saturated carbocycles. The van der Waals surface area contributed by atoms with Gasteiger partial charge in [0.2, 0.25) is 0 Å². The summed E-state index contributed by atoms with van der Waals surface area (Å²) in [6, 6.07) is 0. The Morgan fingerprint density at radius 1 is 1.67 bits per heavy atom. The van der Waals surface area contributed by atoms with E-state index >= 15 is 0 Å². The smallest absolute Gasteiger partial charge is 0.306 e. The van der Waals surface area contributed by atoms with Gasteiger partial charge in [0, 0.05) is 19.5 Å².